The Hall–Kier alpha value is -3.09. The lowest BCUT2D eigenvalue weighted by Crippen LogP contribution is -2.08. The third-order valence-corrected chi connectivity index (χ3v) is 3.47. The largest absolute Gasteiger partial charge is 0.465 e. The molecule has 2 aromatic heterocycles. The number of nitrogens with zero attached hydrogens (tertiary/aromatic N) is 2. The number of aromatic nitrogens is 2. The summed E-state index contributed by atoms with van der Waals surface area (Å²) < 4.78 is 31.8. The molecule has 0 aliphatic rings. The van der Waals surface area contributed by atoms with E-state index >= 15 is 0 Å². The van der Waals surface area contributed by atoms with Crippen LogP contribution < -0.4 is 5.32 Å². The molecule has 0 aliphatic carbocycles. The van der Waals surface area contributed by atoms with Gasteiger partial charge in [0.05, 0.1) is 18.5 Å². The minimum atomic E-state index is -0.782. The Morgan fingerprint density at radius 1 is 1.21 bits per heavy atom. The lowest BCUT2D eigenvalue weighted by molar-refractivity contribution is 0.0601. The van der Waals surface area contributed by atoms with E-state index < -0.39 is 17.6 Å². The Morgan fingerprint density at radius 2 is 2.00 bits per heavy atom. The first-order valence-electron chi connectivity index (χ1n) is 7.06. The van der Waals surface area contributed by atoms with Crippen LogP contribution in [0.5, 0.6) is 0 Å². The zero-order valence-corrected chi connectivity index (χ0v) is 12.9. The maximum atomic E-state index is 14.0. The topological polar surface area (TPSA) is 64.1 Å². The van der Waals surface area contributed by atoms with Crippen molar-refractivity contribution in [2.75, 3.05) is 12.4 Å². The van der Waals surface area contributed by atoms with Gasteiger partial charge in [-0.2, -0.15) is 0 Å². The summed E-state index contributed by atoms with van der Waals surface area (Å²) in [4.78, 5) is 20.4. The third kappa shape index (κ3) is 2.88. The number of rotatable bonds is 3. The molecule has 0 fully saturated rings. The summed E-state index contributed by atoms with van der Waals surface area (Å²) in [7, 11) is 1.24. The molecular weight excluding hydrogens is 316 g/mol. The van der Waals surface area contributed by atoms with Crippen molar-refractivity contribution >= 4 is 28.4 Å². The second-order valence-corrected chi connectivity index (χ2v) is 5.11. The average molecular weight is 329 g/mol. The molecule has 0 atom stereocenters. The van der Waals surface area contributed by atoms with E-state index in [1.54, 1.807) is 12.1 Å². The van der Waals surface area contributed by atoms with Crippen LogP contribution in [0.25, 0.3) is 11.0 Å². The van der Waals surface area contributed by atoms with Crippen LogP contribution in [0.15, 0.2) is 36.5 Å². The normalized spacial score (nSPS) is 10.7. The Kier molecular flexibility index (Phi) is 4.07. The van der Waals surface area contributed by atoms with Gasteiger partial charge in [0, 0.05) is 23.3 Å². The highest BCUT2D eigenvalue weighted by atomic mass is 19.1. The van der Waals surface area contributed by atoms with E-state index in [9.17, 15) is 13.6 Å². The quantitative estimate of drug-likeness (QED) is 0.742. The van der Waals surface area contributed by atoms with Gasteiger partial charge in [-0.25, -0.2) is 23.5 Å². The first kappa shape index (κ1) is 15.8. The van der Waals surface area contributed by atoms with Gasteiger partial charge in [0.1, 0.15) is 17.2 Å². The van der Waals surface area contributed by atoms with Crippen LogP contribution >= 0.6 is 0 Å². The maximum Gasteiger partial charge on any atom is 0.341 e. The fourth-order valence-electron chi connectivity index (χ4n) is 2.30. The summed E-state index contributed by atoms with van der Waals surface area (Å²) in [5.41, 5.74) is 1.59. The summed E-state index contributed by atoms with van der Waals surface area (Å²) in [6.45, 7) is 1.81. The number of ether oxygens (including phenoxy) is 1. The molecule has 0 amide bonds. The third-order valence-electron chi connectivity index (χ3n) is 3.47. The molecule has 1 N–H and O–H groups in total. The van der Waals surface area contributed by atoms with Crippen molar-refractivity contribution in [3.8, 4) is 0 Å². The number of carbonyl (C=O) groups is 1. The number of esters is 1. The van der Waals surface area contributed by atoms with Crippen molar-refractivity contribution in [1.82, 2.24) is 9.97 Å². The van der Waals surface area contributed by atoms with Gasteiger partial charge in [-0.3, -0.25) is 0 Å². The van der Waals surface area contributed by atoms with Gasteiger partial charge in [-0.15, -0.1) is 0 Å². The van der Waals surface area contributed by atoms with Gasteiger partial charge in [-0.05, 0) is 31.2 Å². The highest BCUT2D eigenvalue weighted by Gasteiger charge is 2.18. The van der Waals surface area contributed by atoms with E-state index in [1.807, 2.05) is 6.92 Å². The lowest BCUT2D eigenvalue weighted by atomic mass is 10.1. The molecule has 0 aliphatic heterocycles. The zero-order valence-electron chi connectivity index (χ0n) is 12.9. The second-order valence-electron chi connectivity index (χ2n) is 5.11. The molecule has 24 heavy (non-hydrogen) atoms. The van der Waals surface area contributed by atoms with Crippen LogP contribution in [0.4, 0.5) is 20.2 Å². The first-order valence-corrected chi connectivity index (χ1v) is 7.06. The molecule has 0 unspecified atom stereocenters. The van der Waals surface area contributed by atoms with E-state index in [1.165, 1.54) is 19.4 Å². The van der Waals surface area contributed by atoms with Crippen LogP contribution in [0.1, 0.15) is 16.1 Å². The fraction of sp³-hybridized carbons (Fsp3) is 0.118. The van der Waals surface area contributed by atoms with E-state index in [4.69, 9.17) is 4.74 Å². The minimum absolute atomic E-state index is 0.0228. The number of benzene rings is 1. The number of fused-ring (bicyclic) bond motifs is 1. The molecule has 0 bridgehead atoms. The lowest BCUT2D eigenvalue weighted by Gasteiger charge is -2.14. The van der Waals surface area contributed by atoms with Gasteiger partial charge < -0.3 is 10.1 Å². The van der Waals surface area contributed by atoms with Crippen LogP contribution in [-0.2, 0) is 4.74 Å². The predicted octanol–water partition coefficient (Wildman–Crippen LogP) is 3.75. The molecular formula is C17H13F2N3O2. The number of methoxy groups -OCH3 is 1. The Morgan fingerprint density at radius 3 is 2.71 bits per heavy atom. The van der Waals surface area contributed by atoms with Gasteiger partial charge in [0.15, 0.2) is 5.65 Å². The number of anilines is 2. The minimum Gasteiger partial charge on any atom is -0.465 e. The standard InChI is InChI=1S/C17H13F2N3O2/c1-9-3-5-11-15(22-14-6-4-10(18)7-13(14)19)12(17(23)24-2)8-20-16(11)21-9/h3-8H,1-2H3,(H,20,21,22). The summed E-state index contributed by atoms with van der Waals surface area (Å²) in [6, 6.07) is 6.60. The predicted molar refractivity (Wildman–Crippen MR) is 85.3 cm³/mol. The van der Waals surface area contributed by atoms with Crippen LogP contribution in [0.2, 0.25) is 0 Å². The molecule has 122 valence electrons. The average Bonchev–Trinajstić information content (AvgIpc) is 2.56. The summed E-state index contributed by atoms with van der Waals surface area (Å²) in [5, 5.41) is 3.34. The van der Waals surface area contributed by atoms with Gasteiger partial charge in [-0.1, -0.05) is 0 Å². The number of carbonyl (C=O) groups excluding carboxylic acids is 1. The van der Waals surface area contributed by atoms with Crippen molar-refractivity contribution in [3.05, 3.63) is 59.4 Å². The smallest absolute Gasteiger partial charge is 0.341 e. The van der Waals surface area contributed by atoms with Crippen molar-refractivity contribution in [2.45, 2.75) is 6.92 Å². The molecule has 3 aromatic rings. The molecule has 0 saturated heterocycles. The first-order chi connectivity index (χ1) is 11.5. The van der Waals surface area contributed by atoms with Crippen molar-refractivity contribution in [3.63, 3.8) is 0 Å². The molecule has 7 heteroatoms. The molecule has 0 spiro atoms. The van der Waals surface area contributed by atoms with Crippen molar-refractivity contribution in [1.29, 1.82) is 0 Å². The molecule has 0 saturated carbocycles. The Bertz CT molecular complexity index is 945. The molecule has 5 nitrogen and oxygen atoms in total. The molecule has 2 heterocycles. The van der Waals surface area contributed by atoms with E-state index in [0.717, 1.165) is 17.8 Å². The Balaban J connectivity index is 2.20. The van der Waals surface area contributed by atoms with Crippen molar-refractivity contribution < 1.29 is 18.3 Å². The van der Waals surface area contributed by atoms with E-state index in [-0.39, 0.29) is 11.3 Å². The Labute approximate surface area is 136 Å². The van der Waals surface area contributed by atoms with Gasteiger partial charge >= 0.3 is 5.97 Å². The SMILES string of the molecule is COC(=O)c1cnc2nc(C)ccc2c1Nc1ccc(F)cc1F. The molecule has 0 radical (unpaired) electrons. The highest BCUT2D eigenvalue weighted by molar-refractivity contribution is 6.05. The van der Waals surface area contributed by atoms with E-state index in [0.29, 0.717) is 16.7 Å². The van der Waals surface area contributed by atoms with E-state index in [2.05, 4.69) is 15.3 Å². The highest BCUT2D eigenvalue weighted by Crippen LogP contribution is 2.30. The monoisotopic (exact) mass is 329 g/mol. The van der Waals surface area contributed by atoms with Crippen molar-refractivity contribution in [2.24, 2.45) is 0 Å². The summed E-state index contributed by atoms with van der Waals surface area (Å²) in [5.74, 6) is -2.10. The zero-order chi connectivity index (χ0) is 17.3. The maximum absolute atomic E-state index is 14.0. The number of hydrogen-bond acceptors (Lipinski definition) is 5. The molecule has 3 rings (SSSR count). The second kappa shape index (κ2) is 6.19. The number of nitrogens with one attached hydrogen (secondary N) is 1. The van der Waals surface area contributed by atoms with Gasteiger partial charge in [0.2, 0.25) is 0 Å². The van der Waals surface area contributed by atoms with Crippen LogP contribution in [0, 0.1) is 18.6 Å². The molecule has 1 aromatic carbocycles. The van der Waals surface area contributed by atoms with Crippen LogP contribution in [0.3, 0.4) is 0 Å². The summed E-state index contributed by atoms with van der Waals surface area (Å²) in [6.07, 6.45) is 1.31. The fourth-order valence-corrected chi connectivity index (χ4v) is 2.30. The number of halogens is 2. The summed E-state index contributed by atoms with van der Waals surface area (Å²) >= 11 is 0. The van der Waals surface area contributed by atoms with Crippen LogP contribution in [-0.4, -0.2) is 23.0 Å². The number of hydrogen-bond donors (Lipinski definition) is 1. The number of pyridine rings is 2. The number of aryl methyl sites for hydroxylation is 1. The van der Waals surface area contributed by atoms with Gasteiger partial charge in [0.25, 0.3) is 0 Å².